The van der Waals surface area contributed by atoms with Crippen LogP contribution in [0.1, 0.15) is 25.7 Å². The third kappa shape index (κ3) is 5.20. The molecule has 3 nitrogen and oxygen atoms in total. The first-order valence-electron chi connectivity index (χ1n) is 5.92. The minimum atomic E-state index is 0.292. The molecule has 0 bridgehead atoms. The highest BCUT2D eigenvalue weighted by molar-refractivity contribution is 7.80. The van der Waals surface area contributed by atoms with Gasteiger partial charge in [0.05, 0.1) is 13.2 Å². The van der Waals surface area contributed by atoms with Crippen LogP contribution in [0.15, 0.2) is 0 Å². The van der Waals surface area contributed by atoms with Crippen molar-refractivity contribution in [1.29, 1.82) is 0 Å². The first-order valence-corrected chi connectivity index (χ1v) is 6.55. The molecule has 0 aromatic carbocycles. The molecule has 4 heteroatoms. The van der Waals surface area contributed by atoms with Crippen molar-refractivity contribution in [2.24, 2.45) is 0 Å². The van der Waals surface area contributed by atoms with Crippen molar-refractivity contribution in [2.45, 2.75) is 31.7 Å². The van der Waals surface area contributed by atoms with Gasteiger partial charge in [-0.3, -0.25) is 4.90 Å². The molecule has 90 valence electrons. The van der Waals surface area contributed by atoms with Crippen molar-refractivity contribution in [2.75, 3.05) is 38.7 Å². The third-order valence-corrected chi connectivity index (χ3v) is 3.14. The summed E-state index contributed by atoms with van der Waals surface area (Å²) in [6.45, 7) is 3.83. The molecule has 0 atom stereocenters. The molecule has 1 N–H and O–H groups in total. The average molecular weight is 233 g/mol. The standard InChI is InChI=1S/C11H23NO2S/c13-7-2-5-12(11-3-1-4-11)6-8-14-9-10-15/h11,13,15H,1-10H2. The zero-order chi connectivity index (χ0) is 10.9. The lowest BCUT2D eigenvalue weighted by molar-refractivity contribution is 0.0656. The molecule has 0 heterocycles. The van der Waals surface area contributed by atoms with Crippen LogP contribution in [0.4, 0.5) is 0 Å². The second kappa shape index (κ2) is 8.39. The highest BCUT2D eigenvalue weighted by atomic mass is 32.1. The van der Waals surface area contributed by atoms with Gasteiger partial charge in [-0.1, -0.05) is 6.42 Å². The fourth-order valence-electron chi connectivity index (χ4n) is 1.85. The van der Waals surface area contributed by atoms with Gasteiger partial charge in [-0.15, -0.1) is 0 Å². The topological polar surface area (TPSA) is 32.7 Å². The van der Waals surface area contributed by atoms with Crippen LogP contribution < -0.4 is 0 Å². The van der Waals surface area contributed by atoms with E-state index in [9.17, 15) is 0 Å². The van der Waals surface area contributed by atoms with Gasteiger partial charge in [0.1, 0.15) is 0 Å². The molecule has 0 aromatic rings. The largest absolute Gasteiger partial charge is 0.396 e. The lowest BCUT2D eigenvalue weighted by Crippen LogP contribution is -2.42. The van der Waals surface area contributed by atoms with E-state index in [2.05, 4.69) is 17.5 Å². The summed E-state index contributed by atoms with van der Waals surface area (Å²) in [4.78, 5) is 2.46. The van der Waals surface area contributed by atoms with Crippen molar-refractivity contribution < 1.29 is 9.84 Å². The molecule has 1 rings (SSSR count). The molecule has 0 aliphatic heterocycles. The molecule has 0 spiro atoms. The monoisotopic (exact) mass is 233 g/mol. The van der Waals surface area contributed by atoms with Gasteiger partial charge in [-0.05, 0) is 19.3 Å². The number of thiol groups is 1. The first-order chi connectivity index (χ1) is 7.38. The van der Waals surface area contributed by atoms with Crippen LogP contribution in [0.3, 0.4) is 0 Å². The normalized spacial score (nSPS) is 17.0. The van der Waals surface area contributed by atoms with Crippen LogP contribution in [-0.4, -0.2) is 54.7 Å². The van der Waals surface area contributed by atoms with Crippen LogP contribution in [0.5, 0.6) is 0 Å². The number of hydrogen-bond donors (Lipinski definition) is 2. The van der Waals surface area contributed by atoms with Crippen LogP contribution in [0.2, 0.25) is 0 Å². The molecule has 0 aromatic heterocycles. The van der Waals surface area contributed by atoms with E-state index in [0.29, 0.717) is 6.61 Å². The lowest BCUT2D eigenvalue weighted by Gasteiger charge is -2.37. The highest BCUT2D eigenvalue weighted by Crippen LogP contribution is 2.24. The minimum absolute atomic E-state index is 0.292. The third-order valence-electron chi connectivity index (χ3n) is 2.95. The maximum atomic E-state index is 8.83. The summed E-state index contributed by atoms with van der Waals surface area (Å²) < 4.78 is 5.43. The smallest absolute Gasteiger partial charge is 0.0593 e. The fraction of sp³-hybridized carbons (Fsp3) is 1.00. The van der Waals surface area contributed by atoms with Gasteiger partial charge in [-0.25, -0.2) is 0 Å². The van der Waals surface area contributed by atoms with Crippen molar-refractivity contribution in [3.63, 3.8) is 0 Å². The Balaban J connectivity index is 2.10. The Labute approximate surface area is 98.2 Å². The summed E-state index contributed by atoms with van der Waals surface area (Å²) in [5, 5.41) is 8.83. The summed E-state index contributed by atoms with van der Waals surface area (Å²) in [7, 11) is 0. The maximum Gasteiger partial charge on any atom is 0.0593 e. The molecule has 0 amide bonds. The minimum Gasteiger partial charge on any atom is -0.396 e. The summed E-state index contributed by atoms with van der Waals surface area (Å²) in [5.41, 5.74) is 0. The van der Waals surface area contributed by atoms with E-state index in [1.807, 2.05) is 0 Å². The van der Waals surface area contributed by atoms with E-state index in [1.165, 1.54) is 19.3 Å². The zero-order valence-electron chi connectivity index (χ0n) is 9.40. The van der Waals surface area contributed by atoms with Crippen LogP contribution in [0.25, 0.3) is 0 Å². The van der Waals surface area contributed by atoms with E-state index in [4.69, 9.17) is 9.84 Å². The lowest BCUT2D eigenvalue weighted by atomic mass is 9.91. The summed E-state index contributed by atoms with van der Waals surface area (Å²) in [5.74, 6) is 0.792. The van der Waals surface area contributed by atoms with Crippen molar-refractivity contribution in [1.82, 2.24) is 4.90 Å². The number of nitrogens with zero attached hydrogens (tertiary/aromatic N) is 1. The van der Waals surface area contributed by atoms with E-state index in [-0.39, 0.29) is 0 Å². The maximum absolute atomic E-state index is 8.83. The second-order valence-electron chi connectivity index (χ2n) is 4.03. The van der Waals surface area contributed by atoms with Crippen LogP contribution in [-0.2, 0) is 4.74 Å². The van der Waals surface area contributed by atoms with Gasteiger partial charge in [0, 0.05) is 31.5 Å². The molecule has 0 radical (unpaired) electrons. The fourth-order valence-corrected chi connectivity index (χ4v) is 1.98. The van der Waals surface area contributed by atoms with Crippen molar-refractivity contribution in [3.05, 3.63) is 0 Å². The molecule has 1 aliphatic carbocycles. The van der Waals surface area contributed by atoms with E-state index < -0.39 is 0 Å². The van der Waals surface area contributed by atoms with Gasteiger partial charge in [0.15, 0.2) is 0 Å². The number of aliphatic hydroxyl groups excluding tert-OH is 1. The van der Waals surface area contributed by atoms with Crippen LogP contribution in [0, 0.1) is 0 Å². The van der Waals surface area contributed by atoms with Gasteiger partial charge >= 0.3 is 0 Å². The Morgan fingerprint density at radius 1 is 1.27 bits per heavy atom. The van der Waals surface area contributed by atoms with Gasteiger partial charge in [0.25, 0.3) is 0 Å². The SMILES string of the molecule is OCCCN(CCOCCS)C1CCC1. The molecule has 15 heavy (non-hydrogen) atoms. The molecular formula is C11H23NO2S. The van der Waals surface area contributed by atoms with Gasteiger partial charge in [-0.2, -0.15) is 12.6 Å². The van der Waals surface area contributed by atoms with Crippen molar-refractivity contribution >= 4 is 12.6 Å². The molecule has 0 unspecified atom stereocenters. The first kappa shape index (κ1) is 13.3. The Kier molecular flexibility index (Phi) is 7.44. The second-order valence-corrected chi connectivity index (χ2v) is 4.48. The Morgan fingerprint density at radius 3 is 2.60 bits per heavy atom. The van der Waals surface area contributed by atoms with E-state index in [1.54, 1.807) is 0 Å². The van der Waals surface area contributed by atoms with Gasteiger partial charge < -0.3 is 9.84 Å². The van der Waals surface area contributed by atoms with Crippen molar-refractivity contribution in [3.8, 4) is 0 Å². The number of rotatable bonds is 9. The molecule has 1 fully saturated rings. The predicted molar refractivity (Wildman–Crippen MR) is 65.6 cm³/mol. The zero-order valence-corrected chi connectivity index (χ0v) is 10.3. The summed E-state index contributed by atoms with van der Waals surface area (Å²) in [6.07, 6.45) is 4.87. The molecule has 1 aliphatic rings. The highest BCUT2D eigenvalue weighted by Gasteiger charge is 2.23. The molecule has 1 saturated carbocycles. The number of hydrogen-bond acceptors (Lipinski definition) is 4. The Hall–Kier alpha value is 0.230. The van der Waals surface area contributed by atoms with E-state index in [0.717, 1.165) is 44.5 Å². The Morgan fingerprint density at radius 2 is 2.07 bits per heavy atom. The average Bonchev–Trinajstić information content (AvgIpc) is 2.17. The summed E-state index contributed by atoms with van der Waals surface area (Å²) >= 11 is 4.10. The molecule has 0 saturated heterocycles. The Bertz CT molecular complexity index is 154. The summed E-state index contributed by atoms with van der Waals surface area (Å²) in [6, 6.07) is 0.746. The van der Waals surface area contributed by atoms with E-state index >= 15 is 0 Å². The number of aliphatic hydroxyl groups is 1. The predicted octanol–water partition coefficient (Wildman–Crippen LogP) is 1.17. The van der Waals surface area contributed by atoms with Crippen LogP contribution >= 0.6 is 12.6 Å². The molecular weight excluding hydrogens is 210 g/mol. The number of ether oxygens (including phenoxy) is 1. The quantitative estimate of drug-likeness (QED) is 0.463. The van der Waals surface area contributed by atoms with Gasteiger partial charge in [0.2, 0.25) is 0 Å².